The molecule has 1 saturated heterocycles. The monoisotopic (exact) mass is 392 g/mol. The molecule has 1 aromatic heterocycles. The SMILES string of the molecule is CCC1CCCCN1C(=O)c1cc(Nc2cccc(C(F)(F)F)c2)nc(C)n1. The van der Waals surface area contributed by atoms with E-state index < -0.39 is 11.7 Å². The second-order valence-electron chi connectivity index (χ2n) is 6.95. The molecule has 1 aliphatic rings. The summed E-state index contributed by atoms with van der Waals surface area (Å²) in [5.74, 6) is 0.509. The number of aromatic nitrogens is 2. The second kappa shape index (κ2) is 8.16. The van der Waals surface area contributed by atoms with E-state index in [0.717, 1.165) is 37.8 Å². The highest BCUT2D eigenvalue weighted by molar-refractivity contribution is 5.93. The molecule has 1 amide bonds. The number of nitrogens with one attached hydrogen (secondary N) is 1. The van der Waals surface area contributed by atoms with Gasteiger partial charge in [-0.3, -0.25) is 4.79 Å². The van der Waals surface area contributed by atoms with Gasteiger partial charge >= 0.3 is 6.18 Å². The zero-order valence-corrected chi connectivity index (χ0v) is 15.9. The Morgan fingerprint density at radius 2 is 2.04 bits per heavy atom. The number of piperidine rings is 1. The number of carbonyl (C=O) groups is 1. The van der Waals surface area contributed by atoms with Crippen LogP contribution >= 0.6 is 0 Å². The van der Waals surface area contributed by atoms with Gasteiger partial charge in [-0.2, -0.15) is 13.2 Å². The Hall–Kier alpha value is -2.64. The number of likely N-dealkylation sites (tertiary alicyclic amines) is 1. The van der Waals surface area contributed by atoms with Crippen LogP contribution in [0.1, 0.15) is 54.5 Å². The first-order valence-electron chi connectivity index (χ1n) is 9.39. The van der Waals surface area contributed by atoms with Crippen molar-refractivity contribution in [1.29, 1.82) is 0 Å². The number of hydrogen-bond acceptors (Lipinski definition) is 4. The summed E-state index contributed by atoms with van der Waals surface area (Å²) < 4.78 is 38.7. The maximum atomic E-state index is 13.0. The first kappa shape index (κ1) is 20.1. The molecule has 3 rings (SSSR count). The Balaban J connectivity index is 1.85. The Morgan fingerprint density at radius 3 is 2.75 bits per heavy atom. The van der Waals surface area contributed by atoms with Crippen LogP contribution in [0.15, 0.2) is 30.3 Å². The van der Waals surface area contributed by atoms with Crippen molar-refractivity contribution in [2.45, 2.75) is 51.7 Å². The van der Waals surface area contributed by atoms with E-state index in [1.165, 1.54) is 18.2 Å². The van der Waals surface area contributed by atoms with Crippen LogP contribution in [0.5, 0.6) is 0 Å². The lowest BCUT2D eigenvalue weighted by Gasteiger charge is -2.35. The molecular formula is C20H23F3N4O. The summed E-state index contributed by atoms with van der Waals surface area (Å²) in [5.41, 5.74) is -0.253. The highest BCUT2D eigenvalue weighted by Crippen LogP contribution is 2.31. The minimum atomic E-state index is -4.43. The van der Waals surface area contributed by atoms with E-state index in [1.54, 1.807) is 6.92 Å². The zero-order chi connectivity index (χ0) is 20.3. The summed E-state index contributed by atoms with van der Waals surface area (Å²) in [6, 6.07) is 6.55. The number of benzene rings is 1. The largest absolute Gasteiger partial charge is 0.416 e. The van der Waals surface area contributed by atoms with Crippen molar-refractivity contribution in [1.82, 2.24) is 14.9 Å². The van der Waals surface area contributed by atoms with Crippen LogP contribution < -0.4 is 5.32 Å². The molecular weight excluding hydrogens is 369 g/mol. The molecule has 1 fully saturated rings. The number of hydrogen-bond donors (Lipinski definition) is 1. The molecule has 8 heteroatoms. The van der Waals surface area contributed by atoms with Crippen LogP contribution in [0.25, 0.3) is 0 Å². The van der Waals surface area contributed by atoms with Crippen LogP contribution in [0.2, 0.25) is 0 Å². The summed E-state index contributed by atoms with van der Waals surface area (Å²) in [5, 5.41) is 2.86. The van der Waals surface area contributed by atoms with Crippen molar-refractivity contribution in [3.8, 4) is 0 Å². The topological polar surface area (TPSA) is 58.1 Å². The summed E-state index contributed by atoms with van der Waals surface area (Å²) in [6.45, 7) is 4.40. The summed E-state index contributed by atoms with van der Waals surface area (Å²) >= 11 is 0. The first-order valence-corrected chi connectivity index (χ1v) is 9.39. The molecule has 1 unspecified atom stereocenters. The quantitative estimate of drug-likeness (QED) is 0.800. The van der Waals surface area contributed by atoms with Crippen molar-refractivity contribution in [3.63, 3.8) is 0 Å². The fourth-order valence-corrected chi connectivity index (χ4v) is 3.50. The van der Waals surface area contributed by atoms with Crippen LogP contribution in [0.3, 0.4) is 0 Å². The van der Waals surface area contributed by atoms with E-state index in [4.69, 9.17) is 0 Å². The molecule has 2 aromatic rings. The van der Waals surface area contributed by atoms with Gasteiger partial charge in [-0.15, -0.1) is 0 Å². The molecule has 28 heavy (non-hydrogen) atoms. The third-order valence-corrected chi connectivity index (χ3v) is 4.88. The van der Waals surface area contributed by atoms with Gasteiger partial charge in [0.1, 0.15) is 17.3 Å². The number of halogens is 3. The number of amides is 1. The highest BCUT2D eigenvalue weighted by Gasteiger charge is 2.30. The smallest absolute Gasteiger partial charge is 0.340 e. The molecule has 1 N–H and O–H groups in total. The third kappa shape index (κ3) is 4.61. The average Bonchev–Trinajstić information content (AvgIpc) is 2.66. The van der Waals surface area contributed by atoms with Gasteiger partial charge in [0, 0.05) is 24.3 Å². The van der Waals surface area contributed by atoms with E-state index in [0.29, 0.717) is 18.2 Å². The van der Waals surface area contributed by atoms with E-state index in [2.05, 4.69) is 22.2 Å². The summed E-state index contributed by atoms with van der Waals surface area (Å²) in [7, 11) is 0. The van der Waals surface area contributed by atoms with Gasteiger partial charge in [0.05, 0.1) is 5.56 Å². The summed E-state index contributed by atoms with van der Waals surface area (Å²) in [6.07, 6.45) is -0.508. The third-order valence-electron chi connectivity index (χ3n) is 4.88. The van der Waals surface area contributed by atoms with Crippen molar-refractivity contribution in [3.05, 3.63) is 47.4 Å². The lowest BCUT2D eigenvalue weighted by molar-refractivity contribution is -0.137. The maximum Gasteiger partial charge on any atom is 0.416 e. The van der Waals surface area contributed by atoms with Crippen LogP contribution in [-0.4, -0.2) is 33.4 Å². The Bertz CT molecular complexity index is 854. The van der Waals surface area contributed by atoms with Crippen molar-refractivity contribution >= 4 is 17.4 Å². The molecule has 2 heterocycles. The number of carbonyl (C=O) groups excluding carboxylic acids is 1. The van der Waals surface area contributed by atoms with Gasteiger partial charge in [-0.25, -0.2) is 9.97 Å². The molecule has 5 nitrogen and oxygen atoms in total. The van der Waals surface area contributed by atoms with Crippen LogP contribution in [0.4, 0.5) is 24.7 Å². The van der Waals surface area contributed by atoms with E-state index in [1.807, 2.05) is 4.90 Å². The number of nitrogens with zero attached hydrogens (tertiary/aromatic N) is 3. The fraction of sp³-hybridized carbons (Fsp3) is 0.450. The maximum absolute atomic E-state index is 13.0. The molecule has 1 atom stereocenters. The van der Waals surface area contributed by atoms with Gasteiger partial charge in [0.15, 0.2) is 0 Å². The molecule has 0 spiro atoms. The Morgan fingerprint density at radius 1 is 1.25 bits per heavy atom. The standard InChI is InChI=1S/C20H23F3N4O/c1-3-16-9-4-5-10-27(16)19(28)17-12-18(25-13(2)24-17)26-15-8-6-7-14(11-15)20(21,22)23/h6-8,11-12,16H,3-5,9-10H2,1-2H3,(H,24,25,26). The van der Waals surface area contributed by atoms with Crippen molar-refractivity contribution < 1.29 is 18.0 Å². The Labute approximate surface area is 162 Å². The molecule has 150 valence electrons. The number of alkyl halides is 3. The molecule has 0 aliphatic carbocycles. The van der Waals surface area contributed by atoms with Gasteiger partial charge in [0.25, 0.3) is 5.91 Å². The fourth-order valence-electron chi connectivity index (χ4n) is 3.50. The van der Waals surface area contributed by atoms with Gasteiger partial charge in [-0.05, 0) is 50.8 Å². The van der Waals surface area contributed by atoms with Gasteiger partial charge in [-0.1, -0.05) is 13.0 Å². The minimum absolute atomic E-state index is 0.163. The lowest BCUT2D eigenvalue weighted by Crippen LogP contribution is -2.43. The predicted octanol–water partition coefficient (Wildman–Crippen LogP) is 4.95. The number of anilines is 2. The van der Waals surface area contributed by atoms with E-state index >= 15 is 0 Å². The molecule has 0 saturated carbocycles. The molecule has 1 aliphatic heterocycles. The van der Waals surface area contributed by atoms with Crippen molar-refractivity contribution in [2.24, 2.45) is 0 Å². The molecule has 0 radical (unpaired) electrons. The van der Waals surface area contributed by atoms with Crippen LogP contribution in [0, 0.1) is 6.92 Å². The predicted molar refractivity (Wildman–Crippen MR) is 100 cm³/mol. The van der Waals surface area contributed by atoms with E-state index in [-0.39, 0.29) is 23.3 Å². The highest BCUT2D eigenvalue weighted by atomic mass is 19.4. The number of aryl methyl sites for hydroxylation is 1. The molecule has 0 bridgehead atoms. The minimum Gasteiger partial charge on any atom is -0.340 e. The zero-order valence-electron chi connectivity index (χ0n) is 15.9. The van der Waals surface area contributed by atoms with E-state index in [9.17, 15) is 18.0 Å². The second-order valence-corrected chi connectivity index (χ2v) is 6.95. The normalized spacial score (nSPS) is 17.5. The van der Waals surface area contributed by atoms with Gasteiger partial charge in [0.2, 0.25) is 0 Å². The van der Waals surface area contributed by atoms with Crippen LogP contribution in [-0.2, 0) is 6.18 Å². The van der Waals surface area contributed by atoms with Gasteiger partial charge < -0.3 is 10.2 Å². The molecule has 1 aromatic carbocycles. The Kier molecular flexibility index (Phi) is 5.86. The first-order chi connectivity index (χ1) is 13.3. The number of rotatable bonds is 4. The van der Waals surface area contributed by atoms with Crippen molar-refractivity contribution in [2.75, 3.05) is 11.9 Å². The lowest BCUT2D eigenvalue weighted by atomic mass is 9.99. The average molecular weight is 392 g/mol. The summed E-state index contributed by atoms with van der Waals surface area (Å²) in [4.78, 5) is 23.3.